The highest BCUT2D eigenvalue weighted by molar-refractivity contribution is 5.77. The second-order valence-electron chi connectivity index (χ2n) is 4.01. The van der Waals surface area contributed by atoms with Gasteiger partial charge in [0.05, 0.1) is 0 Å². The van der Waals surface area contributed by atoms with Gasteiger partial charge in [-0.25, -0.2) is 0 Å². The zero-order chi connectivity index (χ0) is 12.0. The van der Waals surface area contributed by atoms with Gasteiger partial charge in [0.15, 0.2) is 5.96 Å². The molecule has 0 amide bonds. The van der Waals surface area contributed by atoms with E-state index >= 15 is 0 Å². The molecule has 3 heteroatoms. The van der Waals surface area contributed by atoms with Crippen LogP contribution in [0.1, 0.15) is 24.5 Å². The van der Waals surface area contributed by atoms with E-state index in [0.29, 0.717) is 5.96 Å². The smallest absolute Gasteiger partial charge is 0.191 e. The van der Waals surface area contributed by atoms with Gasteiger partial charge in [0.1, 0.15) is 0 Å². The summed E-state index contributed by atoms with van der Waals surface area (Å²) in [6.07, 6.45) is 2.31. The number of guanidine groups is 1. The Kier molecular flexibility index (Phi) is 4.83. The molecular weight excluding hydrogens is 198 g/mol. The molecule has 0 bridgehead atoms. The van der Waals surface area contributed by atoms with E-state index in [1.54, 1.807) is 7.05 Å². The third-order valence-corrected chi connectivity index (χ3v) is 2.57. The zero-order valence-corrected chi connectivity index (χ0v) is 10.4. The molecule has 0 saturated carbocycles. The van der Waals surface area contributed by atoms with E-state index < -0.39 is 0 Å². The molecule has 2 N–H and O–H groups in total. The second-order valence-corrected chi connectivity index (χ2v) is 4.01. The molecule has 88 valence electrons. The predicted molar refractivity (Wildman–Crippen MR) is 69.5 cm³/mol. The van der Waals surface area contributed by atoms with Gasteiger partial charge in [0.2, 0.25) is 0 Å². The number of rotatable bonds is 4. The van der Waals surface area contributed by atoms with Crippen LogP contribution in [0.15, 0.2) is 29.3 Å². The SMILES string of the molecule is CCCc1cccc(CN(C)C(N)=NC)c1. The zero-order valence-electron chi connectivity index (χ0n) is 10.4. The van der Waals surface area contributed by atoms with Gasteiger partial charge in [-0.15, -0.1) is 0 Å². The maximum Gasteiger partial charge on any atom is 0.191 e. The van der Waals surface area contributed by atoms with Crippen molar-refractivity contribution in [3.63, 3.8) is 0 Å². The Bertz CT molecular complexity index is 358. The van der Waals surface area contributed by atoms with Crippen molar-refractivity contribution in [1.82, 2.24) is 4.90 Å². The normalized spacial score (nSPS) is 11.6. The molecule has 3 nitrogen and oxygen atoms in total. The molecule has 1 rings (SSSR count). The quantitative estimate of drug-likeness (QED) is 0.622. The fourth-order valence-corrected chi connectivity index (χ4v) is 1.70. The maximum atomic E-state index is 5.74. The lowest BCUT2D eigenvalue weighted by Crippen LogP contribution is -2.33. The minimum atomic E-state index is 0.570. The lowest BCUT2D eigenvalue weighted by atomic mass is 10.1. The van der Waals surface area contributed by atoms with Crippen molar-refractivity contribution in [2.75, 3.05) is 14.1 Å². The number of nitrogens with zero attached hydrogens (tertiary/aromatic N) is 2. The van der Waals surface area contributed by atoms with Crippen LogP contribution in [-0.4, -0.2) is 25.0 Å². The molecule has 0 heterocycles. The molecule has 16 heavy (non-hydrogen) atoms. The summed E-state index contributed by atoms with van der Waals surface area (Å²) >= 11 is 0. The maximum absolute atomic E-state index is 5.74. The standard InChI is InChI=1S/C13H21N3/c1-4-6-11-7-5-8-12(9-11)10-16(3)13(14)15-2/h5,7-9H,4,6,10H2,1-3H3,(H2,14,15). The molecule has 0 aliphatic rings. The van der Waals surface area contributed by atoms with Crippen molar-refractivity contribution in [3.8, 4) is 0 Å². The van der Waals surface area contributed by atoms with E-state index in [2.05, 4.69) is 36.2 Å². The number of hydrogen-bond acceptors (Lipinski definition) is 1. The molecule has 0 saturated heterocycles. The van der Waals surface area contributed by atoms with Crippen LogP contribution in [0.4, 0.5) is 0 Å². The average molecular weight is 219 g/mol. The average Bonchev–Trinajstić information content (AvgIpc) is 2.29. The van der Waals surface area contributed by atoms with Crippen LogP contribution < -0.4 is 5.73 Å². The third kappa shape index (κ3) is 3.57. The van der Waals surface area contributed by atoms with E-state index in [-0.39, 0.29) is 0 Å². The molecule has 0 fully saturated rings. The highest BCUT2D eigenvalue weighted by Crippen LogP contribution is 2.09. The molecule has 0 radical (unpaired) electrons. The van der Waals surface area contributed by atoms with Crippen molar-refractivity contribution in [2.24, 2.45) is 10.7 Å². The summed E-state index contributed by atoms with van der Waals surface area (Å²) in [6, 6.07) is 8.64. The van der Waals surface area contributed by atoms with Crippen LogP contribution in [0.3, 0.4) is 0 Å². The van der Waals surface area contributed by atoms with Gasteiger partial charge in [-0.1, -0.05) is 37.6 Å². The first-order valence-corrected chi connectivity index (χ1v) is 5.68. The molecule has 1 aromatic carbocycles. The summed E-state index contributed by atoms with van der Waals surface area (Å²) in [6.45, 7) is 3.00. The summed E-state index contributed by atoms with van der Waals surface area (Å²) in [7, 11) is 3.66. The van der Waals surface area contributed by atoms with Gasteiger partial charge in [-0.3, -0.25) is 4.99 Å². The molecule has 0 spiro atoms. The Morgan fingerprint density at radius 2 is 2.06 bits per heavy atom. The topological polar surface area (TPSA) is 41.6 Å². The van der Waals surface area contributed by atoms with Crippen LogP contribution in [0.2, 0.25) is 0 Å². The van der Waals surface area contributed by atoms with Gasteiger partial charge >= 0.3 is 0 Å². The number of nitrogens with two attached hydrogens (primary N) is 1. The molecule has 0 aliphatic carbocycles. The van der Waals surface area contributed by atoms with Crippen molar-refractivity contribution in [1.29, 1.82) is 0 Å². The molecule has 0 aromatic heterocycles. The first-order valence-electron chi connectivity index (χ1n) is 5.68. The van der Waals surface area contributed by atoms with Crippen LogP contribution >= 0.6 is 0 Å². The van der Waals surface area contributed by atoms with Crippen molar-refractivity contribution < 1.29 is 0 Å². The van der Waals surface area contributed by atoms with Gasteiger partial charge in [0.25, 0.3) is 0 Å². The van der Waals surface area contributed by atoms with Gasteiger partial charge in [-0.2, -0.15) is 0 Å². The Labute approximate surface area is 98.0 Å². The summed E-state index contributed by atoms with van der Waals surface area (Å²) in [5.41, 5.74) is 8.40. The highest BCUT2D eigenvalue weighted by atomic mass is 15.2. The first-order chi connectivity index (χ1) is 7.67. The van der Waals surface area contributed by atoms with Gasteiger partial charge in [0, 0.05) is 20.6 Å². The number of hydrogen-bond donors (Lipinski definition) is 1. The minimum Gasteiger partial charge on any atom is -0.370 e. The second kappa shape index (κ2) is 6.16. The molecule has 0 atom stereocenters. The van der Waals surface area contributed by atoms with Crippen molar-refractivity contribution >= 4 is 5.96 Å². The van der Waals surface area contributed by atoms with Gasteiger partial charge in [-0.05, 0) is 17.5 Å². The lowest BCUT2D eigenvalue weighted by Gasteiger charge is -2.18. The predicted octanol–water partition coefficient (Wildman–Crippen LogP) is 2.02. The van der Waals surface area contributed by atoms with E-state index in [1.807, 2.05) is 11.9 Å². The van der Waals surface area contributed by atoms with E-state index in [1.165, 1.54) is 17.5 Å². The molecule has 0 unspecified atom stereocenters. The van der Waals surface area contributed by atoms with Crippen LogP contribution in [0.5, 0.6) is 0 Å². The van der Waals surface area contributed by atoms with E-state index in [9.17, 15) is 0 Å². The molecular formula is C13H21N3. The van der Waals surface area contributed by atoms with Crippen LogP contribution in [-0.2, 0) is 13.0 Å². The largest absolute Gasteiger partial charge is 0.370 e. The highest BCUT2D eigenvalue weighted by Gasteiger charge is 2.02. The monoisotopic (exact) mass is 219 g/mol. The number of benzene rings is 1. The summed E-state index contributed by atoms with van der Waals surface area (Å²) < 4.78 is 0. The van der Waals surface area contributed by atoms with E-state index in [4.69, 9.17) is 5.73 Å². The van der Waals surface area contributed by atoms with Crippen molar-refractivity contribution in [3.05, 3.63) is 35.4 Å². The van der Waals surface area contributed by atoms with E-state index in [0.717, 1.165) is 13.0 Å². The third-order valence-electron chi connectivity index (χ3n) is 2.57. The fourth-order valence-electron chi connectivity index (χ4n) is 1.70. The first kappa shape index (κ1) is 12.6. The Balaban J connectivity index is 2.70. The Morgan fingerprint density at radius 3 is 2.69 bits per heavy atom. The molecule has 0 aliphatic heterocycles. The van der Waals surface area contributed by atoms with Crippen LogP contribution in [0.25, 0.3) is 0 Å². The minimum absolute atomic E-state index is 0.570. The lowest BCUT2D eigenvalue weighted by molar-refractivity contribution is 0.493. The van der Waals surface area contributed by atoms with Crippen LogP contribution in [0, 0.1) is 0 Å². The van der Waals surface area contributed by atoms with Gasteiger partial charge < -0.3 is 10.6 Å². The summed E-state index contributed by atoms with van der Waals surface area (Å²) in [5.74, 6) is 0.570. The Hall–Kier alpha value is -1.51. The number of aliphatic imine (C=N–C) groups is 1. The summed E-state index contributed by atoms with van der Waals surface area (Å²) in [4.78, 5) is 5.91. The summed E-state index contributed by atoms with van der Waals surface area (Å²) in [5, 5.41) is 0. The number of aryl methyl sites for hydroxylation is 1. The fraction of sp³-hybridized carbons (Fsp3) is 0.462. The molecule has 1 aromatic rings. The Morgan fingerprint density at radius 1 is 1.38 bits per heavy atom. The van der Waals surface area contributed by atoms with Crippen molar-refractivity contribution in [2.45, 2.75) is 26.3 Å².